The first-order chi connectivity index (χ1) is 16.6. The highest BCUT2D eigenvalue weighted by molar-refractivity contribution is 7.89. The van der Waals surface area contributed by atoms with E-state index in [9.17, 15) is 18.3 Å². The average Bonchev–Trinajstić information content (AvgIpc) is 2.85. The normalized spacial score (nSPS) is 20.6. The summed E-state index contributed by atoms with van der Waals surface area (Å²) in [6.45, 7) is 3.56. The molecule has 3 rings (SSSR count). The number of rotatable bonds is 8. The highest BCUT2D eigenvalue weighted by atomic mass is 32.2. The number of sulfonamides is 1. The molecule has 2 aromatic carbocycles. The van der Waals surface area contributed by atoms with Crippen LogP contribution in [0.1, 0.15) is 13.8 Å². The van der Waals surface area contributed by atoms with Crippen LogP contribution in [-0.2, 0) is 19.6 Å². The second-order valence-corrected chi connectivity index (χ2v) is 10.7. The third-order valence-corrected chi connectivity index (χ3v) is 8.26. The van der Waals surface area contributed by atoms with Crippen LogP contribution < -0.4 is 9.47 Å². The van der Waals surface area contributed by atoms with E-state index < -0.39 is 22.2 Å². The summed E-state index contributed by atoms with van der Waals surface area (Å²) in [6, 6.07) is 11.8. The minimum absolute atomic E-state index is 0.0258. The molecule has 0 spiro atoms. The zero-order valence-electron chi connectivity index (χ0n) is 20.8. The number of hydrogen-bond donors (Lipinski definition) is 1. The fraction of sp³-hybridized carbons (Fsp3) is 0.480. The highest BCUT2D eigenvalue weighted by Gasteiger charge is 2.38. The lowest BCUT2D eigenvalue weighted by Crippen LogP contribution is -2.50. The SMILES string of the molecule is COCC(=O)N(C)C[C@@H]1Oc2cc(-c3ccc(OC)cc3)ccc2S(=O)(=O)N([C@H](C)CO)C[C@@H]1C. The number of likely N-dealkylation sites (N-methyl/N-ethyl adjacent to an activating group) is 1. The fourth-order valence-corrected chi connectivity index (χ4v) is 5.84. The van der Waals surface area contributed by atoms with E-state index in [-0.39, 0.29) is 48.8 Å². The molecule has 0 saturated heterocycles. The van der Waals surface area contributed by atoms with Gasteiger partial charge in [0.1, 0.15) is 29.1 Å². The lowest BCUT2D eigenvalue weighted by atomic mass is 10.0. The number of fused-ring (bicyclic) bond motifs is 1. The summed E-state index contributed by atoms with van der Waals surface area (Å²) in [5.41, 5.74) is 1.65. The zero-order chi connectivity index (χ0) is 25.8. The monoisotopic (exact) mass is 506 g/mol. The van der Waals surface area contributed by atoms with Crippen LogP contribution in [0, 0.1) is 5.92 Å². The molecule has 0 bridgehead atoms. The van der Waals surface area contributed by atoms with Gasteiger partial charge in [0, 0.05) is 32.7 Å². The minimum atomic E-state index is -3.95. The van der Waals surface area contributed by atoms with Crippen molar-refractivity contribution in [2.75, 3.05) is 47.6 Å². The number of aliphatic hydroxyl groups is 1. The number of methoxy groups -OCH3 is 2. The molecule has 1 aliphatic heterocycles. The highest BCUT2D eigenvalue weighted by Crippen LogP contribution is 2.36. The van der Waals surface area contributed by atoms with E-state index in [2.05, 4.69) is 0 Å². The molecule has 1 amide bonds. The summed E-state index contributed by atoms with van der Waals surface area (Å²) in [4.78, 5) is 13.9. The molecule has 1 N–H and O–H groups in total. The van der Waals surface area contributed by atoms with Gasteiger partial charge in [-0.05, 0) is 42.3 Å². The largest absolute Gasteiger partial charge is 0.497 e. The quantitative estimate of drug-likeness (QED) is 0.585. The smallest absolute Gasteiger partial charge is 0.248 e. The molecule has 0 aliphatic carbocycles. The van der Waals surface area contributed by atoms with Gasteiger partial charge in [-0.15, -0.1) is 0 Å². The maximum Gasteiger partial charge on any atom is 0.248 e. The van der Waals surface area contributed by atoms with E-state index in [1.807, 2.05) is 31.2 Å². The van der Waals surface area contributed by atoms with Gasteiger partial charge >= 0.3 is 0 Å². The van der Waals surface area contributed by atoms with E-state index in [1.54, 1.807) is 33.2 Å². The molecule has 192 valence electrons. The van der Waals surface area contributed by atoms with E-state index in [1.165, 1.54) is 22.4 Å². The van der Waals surface area contributed by atoms with Crippen LogP contribution in [0.3, 0.4) is 0 Å². The van der Waals surface area contributed by atoms with Gasteiger partial charge in [-0.1, -0.05) is 25.1 Å². The molecule has 0 unspecified atom stereocenters. The molecule has 10 heteroatoms. The predicted molar refractivity (Wildman–Crippen MR) is 132 cm³/mol. The van der Waals surface area contributed by atoms with E-state index in [0.717, 1.165) is 11.1 Å². The molecular weight excluding hydrogens is 472 g/mol. The van der Waals surface area contributed by atoms with E-state index >= 15 is 0 Å². The van der Waals surface area contributed by atoms with Gasteiger partial charge in [0.05, 0.1) is 20.3 Å². The Bertz CT molecular complexity index is 1120. The fourth-order valence-electron chi connectivity index (χ4n) is 4.01. The predicted octanol–water partition coefficient (Wildman–Crippen LogP) is 2.24. The summed E-state index contributed by atoms with van der Waals surface area (Å²) < 4.78 is 45.1. The number of ether oxygens (including phenoxy) is 3. The summed E-state index contributed by atoms with van der Waals surface area (Å²) >= 11 is 0. The summed E-state index contributed by atoms with van der Waals surface area (Å²) in [5.74, 6) is 0.447. The Morgan fingerprint density at radius 3 is 2.46 bits per heavy atom. The Morgan fingerprint density at radius 1 is 1.20 bits per heavy atom. The lowest BCUT2D eigenvalue weighted by molar-refractivity contribution is -0.135. The Labute approximate surface area is 207 Å². The minimum Gasteiger partial charge on any atom is -0.497 e. The molecule has 1 heterocycles. The molecule has 9 nitrogen and oxygen atoms in total. The van der Waals surface area contributed by atoms with Gasteiger partial charge in [0.25, 0.3) is 0 Å². The van der Waals surface area contributed by atoms with Crippen molar-refractivity contribution < 1.29 is 32.5 Å². The maximum atomic E-state index is 13.6. The van der Waals surface area contributed by atoms with Crippen molar-refractivity contribution in [1.82, 2.24) is 9.21 Å². The topological polar surface area (TPSA) is 106 Å². The Hall–Kier alpha value is -2.66. The number of nitrogens with zero attached hydrogens (tertiary/aromatic N) is 2. The van der Waals surface area contributed by atoms with Crippen LogP contribution >= 0.6 is 0 Å². The third kappa shape index (κ3) is 5.95. The number of hydrogen-bond acceptors (Lipinski definition) is 7. The van der Waals surface area contributed by atoms with Gasteiger partial charge in [0.15, 0.2) is 0 Å². The van der Waals surface area contributed by atoms with Crippen LogP contribution in [0.15, 0.2) is 47.4 Å². The maximum absolute atomic E-state index is 13.6. The van der Waals surface area contributed by atoms with Crippen LogP contribution in [0.4, 0.5) is 0 Å². The molecule has 0 saturated carbocycles. The van der Waals surface area contributed by atoms with Crippen molar-refractivity contribution in [3.05, 3.63) is 42.5 Å². The second kappa shape index (κ2) is 11.4. The van der Waals surface area contributed by atoms with Crippen molar-refractivity contribution >= 4 is 15.9 Å². The molecule has 3 atom stereocenters. The lowest BCUT2D eigenvalue weighted by Gasteiger charge is -2.37. The molecule has 35 heavy (non-hydrogen) atoms. The Balaban J connectivity index is 2.08. The van der Waals surface area contributed by atoms with Crippen molar-refractivity contribution in [3.63, 3.8) is 0 Å². The van der Waals surface area contributed by atoms with Gasteiger partial charge in [-0.3, -0.25) is 4.79 Å². The first kappa shape index (κ1) is 26.9. The Kier molecular flexibility index (Phi) is 8.76. The number of aliphatic hydroxyl groups excluding tert-OH is 1. The van der Waals surface area contributed by atoms with Gasteiger partial charge in [0.2, 0.25) is 15.9 Å². The molecule has 1 aliphatic rings. The Morgan fingerprint density at radius 2 is 1.86 bits per heavy atom. The number of benzene rings is 2. The molecule has 0 radical (unpaired) electrons. The third-order valence-electron chi connectivity index (χ3n) is 6.24. The molecular formula is C25H34N2O7S. The van der Waals surface area contributed by atoms with Gasteiger partial charge < -0.3 is 24.2 Å². The molecule has 0 aromatic heterocycles. The standard InChI is InChI=1S/C25H34N2O7S/c1-17-13-27(18(2)15-28)35(30,31)24-11-8-20(19-6-9-21(33-5)10-7-19)12-22(24)34-23(17)14-26(3)25(29)16-32-4/h6-12,17-18,23,28H,13-16H2,1-5H3/t17-,18+,23-/m0/s1. The zero-order valence-corrected chi connectivity index (χ0v) is 21.6. The van der Waals surface area contributed by atoms with Crippen molar-refractivity contribution in [2.24, 2.45) is 5.92 Å². The van der Waals surface area contributed by atoms with E-state index in [0.29, 0.717) is 5.75 Å². The molecule has 2 aromatic rings. The van der Waals surface area contributed by atoms with Crippen molar-refractivity contribution in [1.29, 1.82) is 0 Å². The van der Waals surface area contributed by atoms with Crippen LogP contribution in [0.5, 0.6) is 11.5 Å². The summed E-state index contributed by atoms with van der Waals surface area (Å²) in [5, 5.41) is 9.78. The van der Waals surface area contributed by atoms with Crippen molar-refractivity contribution in [2.45, 2.75) is 30.9 Å². The number of carbonyl (C=O) groups is 1. The van der Waals surface area contributed by atoms with Crippen LogP contribution in [0.2, 0.25) is 0 Å². The van der Waals surface area contributed by atoms with Crippen LogP contribution in [0.25, 0.3) is 11.1 Å². The first-order valence-corrected chi connectivity index (χ1v) is 12.9. The number of carbonyl (C=O) groups excluding carboxylic acids is 1. The van der Waals surface area contributed by atoms with Gasteiger partial charge in [-0.25, -0.2) is 8.42 Å². The van der Waals surface area contributed by atoms with Crippen molar-refractivity contribution in [3.8, 4) is 22.6 Å². The number of amides is 1. The second-order valence-electron chi connectivity index (χ2n) is 8.84. The van der Waals surface area contributed by atoms with Crippen LogP contribution in [-0.4, -0.2) is 88.4 Å². The summed E-state index contributed by atoms with van der Waals surface area (Å²) in [7, 11) is 0.763. The average molecular weight is 507 g/mol. The molecule has 0 fully saturated rings. The van der Waals surface area contributed by atoms with E-state index in [4.69, 9.17) is 14.2 Å². The summed E-state index contributed by atoms with van der Waals surface area (Å²) in [6.07, 6.45) is -0.491. The first-order valence-electron chi connectivity index (χ1n) is 11.4. The van der Waals surface area contributed by atoms with Gasteiger partial charge in [-0.2, -0.15) is 4.31 Å².